The normalized spacial score (nSPS) is 10.3. The number of benzene rings is 1. The predicted molar refractivity (Wildman–Crippen MR) is 78.4 cm³/mol. The number of hydrogen-bond acceptors (Lipinski definition) is 4. The van der Waals surface area contributed by atoms with Crippen molar-refractivity contribution in [2.24, 2.45) is 0 Å². The molecule has 3 aromatic rings. The molecule has 0 saturated heterocycles. The van der Waals surface area contributed by atoms with Crippen LogP contribution in [0.25, 0.3) is 16.9 Å². The third-order valence-corrected chi connectivity index (χ3v) is 3.24. The van der Waals surface area contributed by atoms with Crippen LogP contribution >= 0.6 is 0 Å². The highest BCUT2D eigenvalue weighted by Gasteiger charge is 2.13. The predicted octanol–water partition coefficient (Wildman–Crippen LogP) is 2.64. The van der Waals surface area contributed by atoms with Crippen LogP contribution < -0.4 is 0 Å². The third kappa shape index (κ3) is 2.65. The molecule has 1 N–H and O–H groups in total. The van der Waals surface area contributed by atoms with Crippen LogP contribution in [-0.4, -0.2) is 25.8 Å². The number of carboxylic acid groups (broad SMARTS) is 1. The van der Waals surface area contributed by atoms with Crippen LogP contribution in [0.1, 0.15) is 15.9 Å². The second-order valence-electron chi connectivity index (χ2n) is 4.66. The molecule has 2 heterocycles. The van der Waals surface area contributed by atoms with Gasteiger partial charge in [-0.25, -0.2) is 18.9 Å². The minimum atomic E-state index is -1.11. The fraction of sp³-hybridized carbons (Fsp3) is 0. The fourth-order valence-electron chi connectivity index (χ4n) is 2.11. The monoisotopic (exact) mass is 308 g/mol. The first-order valence-corrected chi connectivity index (χ1v) is 6.53. The highest BCUT2D eigenvalue weighted by Crippen LogP contribution is 2.26. The number of halogens is 1. The number of pyridine rings is 1. The van der Waals surface area contributed by atoms with Gasteiger partial charge in [0.1, 0.15) is 5.82 Å². The van der Waals surface area contributed by atoms with Gasteiger partial charge < -0.3 is 5.11 Å². The quantitative estimate of drug-likeness (QED) is 0.803. The van der Waals surface area contributed by atoms with Crippen molar-refractivity contribution in [3.8, 4) is 23.0 Å². The van der Waals surface area contributed by atoms with E-state index in [4.69, 9.17) is 5.11 Å². The Morgan fingerprint density at radius 1 is 1.26 bits per heavy atom. The molecule has 0 aliphatic heterocycles. The summed E-state index contributed by atoms with van der Waals surface area (Å²) in [4.78, 5) is 15.0. The van der Waals surface area contributed by atoms with Crippen molar-refractivity contribution in [2.75, 3.05) is 0 Å². The number of aromatic nitrogens is 3. The van der Waals surface area contributed by atoms with E-state index in [1.54, 1.807) is 18.2 Å². The number of nitriles is 1. The molecular weight excluding hydrogens is 299 g/mol. The highest BCUT2D eigenvalue weighted by atomic mass is 19.1. The largest absolute Gasteiger partial charge is 0.478 e. The topological polar surface area (TPSA) is 91.8 Å². The SMILES string of the molecule is N#Cc1cc(-n2cc(C(=O)O)cn2)ncc1-c1ccccc1F. The van der Waals surface area contributed by atoms with E-state index in [1.807, 2.05) is 6.07 Å². The summed E-state index contributed by atoms with van der Waals surface area (Å²) < 4.78 is 15.1. The zero-order valence-corrected chi connectivity index (χ0v) is 11.6. The Labute approximate surface area is 130 Å². The van der Waals surface area contributed by atoms with Gasteiger partial charge in [0.25, 0.3) is 0 Å². The minimum absolute atomic E-state index is 0.00323. The van der Waals surface area contributed by atoms with Crippen molar-refractivity contribution in [3.05, 3.63) is 65.9 Å². The summed E-state index contributed by atoms with van der Waals surface area (Å²) >= 11 is 0. The van der Waals surface area contributed by atoms with E-state index in [-0.39, 0.29) is 22.5 Å². The molecule has 0 aliphatic rings. The first-order chi connectivity index (χ1) is 11.1. The molecule has 7 heteroatoms. The van der Waals surface area contributed by atoms with E-state index in [9.17, 15) is 14.4 Å². The van der Waals surface area contributed by atoms with Crippen molar-refractivity contribution in [1.82, 2.24) is 14.8 Å². The van der Waals surface area contributed by atoms with Crippen molar-refractivity contribution < 1.29 is 14.3 Å². The van der Waals surface area contributed by atoms with Crippen LogP contribution in [-0.2, 0) is 0 Å². The molecule has 0 saturated carbocycles. The van der Waals surface area contributed by atoms with E-state index in [0.717, 1.165) is 0 Å². The zero-order chi connectivity index (χ0) is 16.4. The summed E-state index contributed by atoms with van der Waals surface area (Å²) in [6.45, 7) is 0. The van der Waals surface area contributed by atoms with Crippen molar-refractivity contribution in [3.63, 3.8) is 0 Å². The highest BCUT2D eigenvalue weighted by molar-refractivity contribution is 5.87. The summed E-state index contributed by atoms with van der Waals surface area (Å²) in [7, 11) is 0. The number of hydrogen-bond donors (Lipinski definition) is 1. The Morgan fingerprint density at radius 2 is 2.04 bits per heavy atom. The lowest BCUT2D eigenvalue weighted by molar-refractivity contribution is 0.0697. The number of carbonyl (C=O) groups is 1. The third-order valence-electron chi connectivity index (χ3n) is 3.24. The molecule has 3 rings (SSSR count). The lowest BCUT2D eigenvalue weighted by Crippen LogP contribution is -2.00. The number of nitrogens with zero attached hydrogens (tertiary/aromatic N) is 4. The van der Waals surface area contributed by atoms with E-state index in [1.165, 1.54) is 35.4 Å². The number of rotatable bonds is 3. The Kier molecular flexibility index (Phi) is 3.57. The maximum Gasteiger partial charge on any atom is 0.338 e. The molecule has 0 radical (unpaired) electrons. The van der Waals surface area contributed by atoms with E-state index in [0.29, 0.717) is 5.56 Å². The Morgan fingerprint density at radius 3 is 2.70 bits per heavy atom. The van der Waals surface area contributed by atoms with Crippen molar-refractivity contribution in [1.29, 1.82) is 5.26 Å². The van der Waals surface area contributed by atoms with Gasteiger partial charge in [-0.3, -0.25) is 0 Å². The van der Waals surface area contributed by atoms with Crippen LogP contribution in [0.4, 0.5) is 4.39 Å². The average molecular weight is 308 g/mol. The van der Waals surface area contributed by atoms with E-state index >= 15 is 0 Å². The molecule has 0 unspecified atom stereocenters. The van der Waals surface area contributed by atoms with Crippen LogP contribution in [0.3, 0.4) is 0 Å². The maximum atomic E-state index is 13.9. The Balaban J connectivity index is 2.08. The second-order valence-corrected chi connectivity index (χ2v) is 4.66. The standard InChI is InChI=1S/C16H9FN4O2/c17-14-4-2-1-3-12(14)13-8-19-15(5-10(13)6-18)21-9-11(7-20-21)16(22)23/h1-5,7-9H,(H,22,23). The van der Waals surface area contributed by atoms with Gasteiger partial charge in [0.15, 0.2) is 5.82 Å². The summed E-state index contributed by atoms with van der Waals surface area (Å²) in [6.07, 6.45) is 3.84. The first kappa shape index (κ1) is 14.4. The van der Waals surface area contributed by atoms with Gasteiger partial charge in [-0.15, -0.1) is 0 Å². The lowest BCUT2D eigenvalue weighted by atomic mass is 10.0. The number of aromatic carboxylic acids is 1. The molecule has 0 amide bonds. The zero-order valence-electron chi connectivity index (χ0n) is 11.6. The molecule has 1 aromatic carbocycles. The summed E-state index contributed by atoms with van der Waals surface area (Å²) in [5, 5.41) is 22.1. The maximum absolute atomic E-state index is 13.9. The first-order valence-electron chi connectivity index (χ1n) is 6.53. The molecule has 0 fully saturated rings. The molecule has 0 bridgehead atoms. The molecule has 0 atom stereocenters. The summed E-state index contributed by atoms with van der Waals surface area (Å²) in [5.41, 5.74) is 0.853. The van der Waals surface area contributed by atoms with Gasteiger partial charge in [0, 0.05) is 29.6 Å². The second kappa shape index (κ2) is 5.69. The molecule has 0 spiro atoms. The van der Waals surface area contributed by atoms with Gasteiger partial charge in [-0.1, -0.05) is 18.2 Å². The molecular formula is C16H9FN4O2. The van der Waals surface area contributed by atoms with Gasteiger partial charge >= 0.3 is 5.97 Å². The van der Waals surface area contributed by atoms with Crippen LogP contribution in [0, 0.1) is 17.1 Å². The van der Waals surface area contributed by atoms with Crippen LogP contribution in [0.15, 0.2) is 48.9 Å². The van der Waals surface area contributed by atoms with Gasteiger partial charge in [-0.05, 0) is 6.07 Å². The molecule has 2 aromatic heterocycles. The van der Waals surface area contributed by atoms with Gasteiger partial charge in [0.05, 0.1) is 23.4 Å². The summed E-state index contributed by atoms with van der Waals surface area (Å²) in [5.74, 6) is -1.29. The van der Waals surface area contributed by atoms with E-state index < -0.39 is 11.8 Å². The minimum Gasteiger partial charge on any atom is -0.478 e. The molecule has 6 nitrogen and oxygen atoms in total. The Bertz CT molecular complexity index is 943. The van der Waals surface area contributed by atoms with Crippen LogP contribution in [0.2, 0.25) is 0 Å². The Hall–Kier alpha value is -3.53. The lowest BCUT2D eigenvalue weighted by Gasteiger charge is -2.07. The van der Waals surface area contributed by atoms with Crippen LogP contribution in [0.5, 0.6) is 0 Å². The molecule has 0 aliphatic carbocycles. The fourth-order valence-corrected chi connectivity index (χ4v) is 2.11. The van der Waals surface area contributed by atoms with Gasteiger partial charge in [0.2, 0.25) is 0 Å². The average Bonchev–Trinajstić information content (AvgIpc) is 3.05. The number of carboxylic acids is 1. The van der Waals surface area contributed by atoms with E-state index in [2.05, 4.69) is 10.1 Å². The van der Waals surface area contributed by atoms with Crippen molar-refractivity contribution >= 4 is 5.97 Å². The van der Waals surface area contributed by atoms with Gasteiger partial charge in [-0.2, -0.15) is 10.4 Å². The van der Waals surface area contributed by atoms with Crippen molar-refractivity contribution in [2.45, 2.75) is 0 Å². The smallest absolute Gasteiger partial charge is 0.338 e. The molecule has 112 valence electrons. The summed E-state index contributed by atoms with van der Waals surface area (Å²) in [6, 6.07) is 9.52. The molecule has 23 heavy (non-hydrogen) atoms.